The molecule has 0 aromatic heterocycles. The third-order valence-electron chi connectivity index (χ3n) is 4.63. The molecule has 2 heterocycles. The number of aliphatic hydroxyl groups is 1. The van der Waals surface area contributed by atoms with E-state index in [1.165, 1.54) is 5.56 Å². The average molecular weight is 261 g/mol. The molecular formula is C16H23NO2. The molecule has 1 atom stereocenters. The molecule has 1 spiro atoms. The van der Waals surface area contributed by atoms with Gasteiger partial charge in [-0.3, -0.25) is 0 Å². The number of fused-ring (bicyclic) bond motifs is 1. The smallest absolute Gasteiger partial charge is 0.125 e. The molecule has 2 aliphatic rings. The molecule has 3 rings (SSSR count). The minimum absolute atomic E-state index is 0.145. The van der Waals surface area contributed by atoms with Gasteiger partial charge in [0, 0.05) is 25.1 Å². The predicted molar refractivity (Wildman–Crippen MR) is 75.5 cm³/mol. The van der Waals surface area contributed by atoms with Crippen molar-refractivity contribution >= 4 is 0 Å². The Kier molecular flexibility index (Phi) is 3.27. The number of piperidine rings is 1. The van der Waals surface area contributed by atoms with Crippen LogP contribution in [0.15, 0.2) is 18.2 Å². The van der Waals surface area contributed by atoms with Crippen LogP contribution in [0.5, 0.6) is 5.75 Å². The Hall–Kier alpha value is -1.06. The summed E-state index contributed by atoms with van der Waals surface area (Å²) in [6.45, 7) is 7.51. The summed E-state index contributed by atoms with van der Waals surface area (Å²) in [6.07, 6.45) is 2.40. The molecule has 104 valence electrons. The van der Waals surface area contributed by atoms with Gasteiger partial charge in [0.05, 0.1) is 6.10 Å². The standard InChI is InChI=1S/C16H23NO2/c1-3-17-8-6-16(7-9-17)11-14(18)13-10-12(2)4-5-15(13)19-16/h4-5,10,14,18H,3,6-9,11H2,1-2H3/t14-/m1/s1. The average Bonchev–Trinajstić information content (AvgIpc) is 2.41. The summed E-state index contributed by atoms with van der Waals surface area (Å²) in [5.74, 6) is 0.884. The molecule has 0 saturated carbocycles. The van der Waals surface area contributed by atoms with E-state index >= 15 is 0 Å². The van der Waals surface area contributed by atoms with Gasteiger partial charge in [0.1, 0.15) is 11.4 Å². The van der Waals surface area contributed by atoms with Gasteiger partial charge in [0.25, 0.3) is 0 Å². The van der Waals surface area contributed by atoms with E-state index in [4.69, 9.17) is 4.74 Å². The molecule has 1 fully saturated rings. The molecule has 0 unspecified atom stereocenters. The SMILES string of the molecule is CCN1CCC2(CC1)C[C@@H](O)c1cc(C)ccc1O2. The third-order valence-corrected chi connectivity index (χ3v) is 4.63. The summed E-state index contributed by atoms with van der Waals surface area (Å²) in [5.41, 5.74) is 1.99. The number of benzene rings is 1. The Labute approximate surface area is 115 Å². The van der Waals surface area contributed by atoms with Crippen molar-refractivity contribution in [3.05, 3.63) is 29.3 Å². The van der Waals surface area contributed by atoms with E-state index < -0.39 is 0 Å². The van der Waals surface area contributed by atoms with Crippen molar-refractivity contribution < 1.29 is 9.84 Å². The number of hydrogen-bond donors (Lipinski definition) is 1. The van der Waals surface area contributed by atoms with Gasteiger partial charge in [-0.1, -0.05) is 18.6 Å². The van der Waals surface area contributed by atoms with Gasteiger partial charge in [0.2, 0.25) is 0 Å². The maximum absolute atomic E-state index is 10.4. The maximum Gasteiger partial charge on any atom is 0.125 e. The molecule has 3 heteroatoms. The van der Waals surface area contributed by atoms with E-state index in [1.807, 2.05) is 12.1 Å². The molecule has 1 aromatic carbocycles. The van der Waals surface area contributed by atoms with Crippen LogP contribution < -0.4 is 4.74 Å². The lowest BCUT2D eigenvalue weighted by Crippen LogP contribution is -2.50. The second-order valence-corrected chi connectivity index (χ2v) is 5.98. The number of rotatable bonds is 1. The topological polar surface area (TPSA) is 32.7 Å². The Morgan fingerprint density at radius 1 is 1.37 bits per heavy atom. The molecule has 1 saturated heterocycles. The van der Waals surface area contributed by atoms with Crippen LogP contribution in [-0.4, -0.2) is 35.2 Å². The van der Waals surface area contributed by atoms with Gasteiger partial charge in [-0.05, 0) is 38.4 Å². The quantitative estimate of drug-likeness (QED) is 0.843. The van der Waals surface area contributed by atoms with E-state index in [0.29, 0.717) is 0 Å². The first-order chi connectivity index (χ1) is 9.12. The van der Waals surface area contributed by atoms with E-state index in [0.717, 1.165) is 50.2 Å². The van der Waals surface area contributed by atoms with E-state index in [1.54, 1.807) is 0 Å². The fourth-order valence-corrected chi connectivity index (χ4v) is 3.34. The molecule has 0 aliphatic carbocycles. The summed E-state index contributed by atoms with van der Waals surface area (Å²) in [6, 6.07) is 6.13. The number of hydrogen-bond acceptors (Lipinski definition) is 3. The lowest BCUT2D eigenvalue weighted by Gasteiger charge is -2.45. The second kappa shape index (κ2) is 4.80. The van der Waals surface area contributed by atoms with Crippen LogP contribution in [0.3, 0.4) is 0 Å². The van der Waals surface area contributed by atoms with Gasteiger partial charge in [-0.25, -0.2) is 0 Å². The molecule has 2 aliphatic heterocycles. The number of nitrogens with zero attached hydrogens (tertiary/aromatic N) is 1. The van der Waals surface area contributed by atoms with Gasteiger partial charge in [0.15, 0.2) is 0 Å². The van der Waals surface area contributed by atoms with Crippen molar-refractivity contribution in [1.82, 2.24) is 4.90 Å². The highest BCUT2D eigenvalue weighted by atomic mass is 16.5. The first-order valence-electron chi connectivity index (χ1n) is 7.32. The summed E-state index contributed by atoms with van der Waals surface area (Å²) < 4.78 is 6.29. The lowest BCUT2D eigenvalue weighted by molar-refractivity contribution is -0.0531. The number of ether oxygens (including phenoxy) is 1. The van der Waals surface area contributed by atoms with Crippen molar-refractivity contribution in [2.24, 2.45) is 0 Å². The largest absolute Gasteiger partial charge is 0.487 e. The summed E-state index contributed by atoms with van der Waals surface area (Å²) in [4.78, 5) is 2.45. The van der Waals surface area contributed by atoms with E-state index in [-0.39, 0.29) is 11.7 Å². The van der Waals surface area contributed by atoms with Gasteiger partial charge in [-0.2, -0.15) is 0 Å². The van der Waals surface area contributed by atoms with Gasteiger partial charge >= 0.3 is 0 Å². The van der Waals surface area contributed by atoms with Crippen LogP contribution in [0.4, 0.5) is 0 Å². The number of aliphatic hydroxyl groups excluding tert-OH is 1. The minimum atomic E-state index is -0.378. The van der Waals surface area contributed by atoms with Crippen molar-refractivity contribution in [2.45, 2.75) is 44.8 Å². The van der Waals surface area contributed by atoms with Crippen LogP contribution in [0, 0.1) is 6.92 Å². The maximum atomic E-state index is 10.4. The van der Waals surface area contributed by atoms with Gasteiger partial charge in [-0.15, -0.1) is 0 Å². The van der Waals surface area contributed by atoms with E-state index in [9.17, 15) is 5.11 Å². The molecule has 1 N–H and O–H groups in total. The van der Waals surface area contributed by atoms with Crippen molar-refractivity contribution in [2.75, 3.05) is 19.6 Å². The minimum Gasteiger partial charge on any atom is -0.487 e. The number of aryl methyl sites for hydroxylation is 1. The highest BCUT2D eigenvalue weighted by Gasteiger charge is 2.42. The zero-order chi connectivity index (χ0) is 13.5. The molecule has 3 nitrogen and oxygen atoms in total. The van der Waals surface area contributed by atoms with Gasteiger partial charge < -0.3 is 14.7 Å². The number of likely N-dealkylation sites (tertiary alicyclic amines) is 1. The Balaban J connectivity index is 1.83. The van der Waals surface area contributed by atoms with E-state index in [2.05, 4.69) is 24.8 Å². The second-order valence-electron chi connectivity index (χ2n) is 5.98. The zero-order valence-electron chi connectivity index (χ0n) is 11.9. The monoisotopic (exact) mass is 261 g/mol. The third kappa shape index (κ3) is 2.37. The Bertz CT molecular complexity index is 464. The van der Waals surface area contributed by atoms with Crippen LogP contribution in [0.1, 0.15) is 43.4 Å². The van der Waals surface area contributed by atoms with Crippen molar-refractivity contribution in [3.63, 3.8) is 0 Å². The summed E-state index contributed by atoms with van der Waals surface area (Å²) in [7, 11) is 0. The lowest BCUT2D eigenvalue weighted by atomic mass is 9.81. The van der Waals surface area contributed by atoms with Crippen LogP contribution in [0.25, 0.3) is 0 Å². The first kappa shape index (κ1) is 12.9. The normalized spacial score (nSPS) is 25.9. The molecule has 19 heavy (non-hydrogen) atoms. The summed E-state index contributed by atoms with van der Waals surface area (Å²) in [5, 5.41) is 10.4. The molecular weight excluding hydrogens is 238 g/mol. The molecule has 0 amide bonds. The molecule has 0 radical (unpaired) electrons. The molecule has 0 bridgehead atoms. The summed E-state index contributed by atoms with van der Waals surface area (Å²) >= 11 is 0. The zero-order valence-corrected chi connectivity index (χ0v) is 11.9. The molecule has 1 aromatic rings. The Morgan fingerprint density at radius 3 is 2.79 bits per heavy atom. The van der Waals surface area contributed by atoms with Crippen molar-refractivity contribution in [3.8, 4) is 5.75 Å². The fourth-order valence-electron chi connectivity index (χ4n) is 3.34. The predicted octanol–water partition coefficient (Wildman–Crippen LogP) is 2.67. The van der Waals surface area contributed by atoms with Crippen molar-refractivity contribution in [1.29, 1.82) is 0 Å². The highest BCUT2D eigenvalue weighted by molar-refractivity contribution is 5.41. The first-order valence-corrected chi connectivity index (χ1v) is 7.32. The highest BCUT2D eigenvalue weighted by Crippen LogP contribution is 2.44. The van der Waals surface area contributed by atoms with Crippen LogP contribution >= 0.6 is 0 Å². The fraction of sp³-hybridized carbons (Fsp3) is 0.625. The Morgan fingerprint density at radius 2 is 2.11 bits per heavy atom. The van der Waals surface area contributed by atoms with Crippen LogP contribution in [0.2, 0.25) is 0 Å². The van der Waals surface area contributed by atoms with Crippen LogP contribution in [-0.2, 0) is 0 Å².